The monoisotopic (exact) mass is 458 g/mol. The lowest BCUT2D eigenvalue weighted by Crippen LogP contribution is -2.34. The Bertz CT molecular complexity index is 1220. The van der Waals surface area contributed by atoms with Crippen molar-refractivity contribution >= 4 is 28.9 Å². The zero-order valence-corrected chi connectivity index (χ0v) is 18.5. The van der Waals surface area contributed by atoms with Crippen LogP contribution in [-0.4, -0.2) is 16.1 Å². The fourth-order valence-corrected chi connectivity index (χ4v) is 3.33. The number of anilines is 1. The number of hydrogen-bond acceptors (Lipinski definition) is 5. The van der Waals surface area contributed by atoms with Gasteiger partial charge in [-0.1, -0.05) is 30.3 Å². The first kappa shape index (κ1) is 22.3. The molecule has 3 aromatic carbocycles. The summed E-state index contributed by atoms with van der Waals surface area (Å²) in [6.45, 7) is 0.318. The maximum Gasteiger partial charge on any atom is 0.257 e. The third-order valence-corrected chi connectivity index (χ3v) is 5.04. The molecular formula is C26H22N2O4S. The molecule has 0 radical (unpaired) electrons. The minimum absolute atomic E-state index is 0.142. The molecular weight excluding hydrogens is 436 g/mol. The van der Waals surface area contributed by atoms with Crippen LogP contribution in [0, 0.1) is 0 Å². The SMILES string of the molecule is O=C(NC(=S)Nc1ccc(-c2ccc(CO)o2)cc1)c1ccc(OCc2ccccc2)cc1. The molecule has 1 amide bonds. The van der Waals surface area contributed by atoms with E-state index in [0.29, 0.717) is 29.4 Å². The Morgan fingerprint density at radius 1 is 0.909 bits per heavy atom. The van der Waals surface area contributed by atoms with Crippen molar-refractivity contribution < 1.29 is 19.1 Å². The molecule has 33 heavy (non-hydrogen) atoms. The van der Waals surface area contributed by atoms with E-state index in [-0.39, 0.29) is 17.6 Å². The second-order valence-corrected chi connectivity index (χ2v) is 7.62. The van der Waals surface area contributed by atoms with Gasteiger partial charge in [0.1, 0.15) is 30.5 Å². The molecule has 1 heterocycles. The zero-order valence-electron chi connectivity index (χ0n) is 17.7. The van der Waals surface area contributed by atoms with Gasteiger partial charge in [0.15, 0.2) is 5.11 Å². The number of aliphatic hydroxyl groups excluding tert-OH is 1. The topological polar surface area (TPSA) is 83.7 Å². The van der Waals surface area contributed by atoms with Crippen LogP contribution in [0.3, 0.4) is 0 Å². The summed E-state index contributed by atoms with van der Waals surface area (Å²) in [6, 6.07) is 27.7. The van der Waals surface area contributed by atoms with Crippen molar-refractivity contribution in [1.29, 1.82) is 0 Å². The summed E-state index contributed by atoms with van der Waals surface area (Å²) < 4.78 is 11.3. The minimum Gasteiger partial charge on any atom is -0.489 e. The van der Waals surface area contributed by atoms with Crippen LogP contribution in [0.1, 0.15) is 21.7 Å². The normalized spacial score (nSPS) is 10.5. The highest BCUT2D eigenvalue weighted by Crippen LogP contribution is 2.24. The standard InChI is InChI=1S/C26H22N2O4S/c29-16-23-14-15-24(32-23)19-6-10-21(11-7-19)27-26(33)28-25(30)20-8-12-22(13-9-20)31-17-18-4-2-1-3-5-18/h1-15,29H,16-17H2,(H2,27,28,30,33). The second-order valence-electron chi connectivity index (χ2n) is 7.21. The van der Waals surface area contributed by atoms with Crippen molar-refractivity contribution in [3.05, 3.63) is 108 Å². The number of benzene rings is 3. The molecule has 0 atom stereocenters. The largest absolute Gasteiger partial charge is 0.489 e. The van der Waals surface area contributed by atoms with Crippen LogP contribution >= 0.6 is 12.2 Å². The van der Waals surface area contributed by atoms with Crippen molar-refractivity contribution in [3.8, 4) is 17.1 Å². The van der Waals surface area contributed by atoms with E-state index in [1.54, 1.807) is 36.4 Å². The number of furan rings is 1. The van der Waals surface area contributed by atoms with Gasteiger partial charge in [-0.15, -0.1) is 0 Å². The average Bonchev–Trinajstić information content (AvgIpc) is 3.33. The van der Waals surface area contributed by atoms with Crippen LogP contribution in [0.25, 0.3) is 11.3 Å². The molecule has 0 saturated heterocycles. The molecule has 0 bridgehead atoms. The summed E-state index contributed by atoms with van der Waals surface area (Å²) in [5, 5.41) is 15.0. The van der Waals surface area contributed by atoms with Gasteiger partial charge in [0.05, 0.1) is 0 Å². The summed E-state index contributed by atoms with van der Waals surface area (Å²) in [7, 11) is 0. The van der Waals surface area contributed by atoms with E-state index in [1.165, 1.54) is 0 Å². The van der Waals surface area contributed by atoms with Crippen molar-refractivity contribution in [1.82, 2.24) is 5.32 Å². The number of thiocarbonyl (C=S) groups is 1. The summed E-state index contributed by atoms with van der Waals surface area (Å²) in [4.78, 5) is 12.5. The van der Waals surface area contributed by atoms with E-state index in [0.717, 1.165) is 16.8 Å². The van der Waals surface area contributed by atoms with Crippen molar-refractivity contribution in [2.75, 3.05) is 5.32 Å². The molecule has 0 aliphatic heterocycles. The highest BCUT2D eigenvalue weighted by molar-refractivity contribution is 7.80. The molecule has 0 saturated carbocycles. The Balaban J connectivity index is 1.28. The van der Waals surface area contributed by atoms with Gasteiger partial charge in [-0.25, -0.2) is 0 Å². The lowest BCUT2D eigenvalue weighted by atomic mass is 10.1. The summed E-state index contributed by atoms with van der Waals surface area (Å²) >= 11 is 5.27. The van der Waals surface area contributed by atoms with Gasteiger partial charge in [-0.05, 0) is 78.4 Å². The van der Waals surface area contributed by atoms with E-state index in [9.17, 15) is 4.79 Å². The van der Waals surface area contributed by atoms with Crippen molar-refractivity contribution in [2.24, 2.45) is 0 Å². The molecule has 0 unspecified atom stereocenters. The van der Waals surface area contributed by atoms with E-state index in [1.807, 2.05) is 54.6 Å². The molecule has 0 aliphatic rings. The minimum atomic E-state index is -0.314. The molecule has 7 heteroatoms. The first-order chi connectivity index (χ1) is 16.1. The maximum absolute atomic E-state index is 12.5. The van der Waals surface area contributed by atoms with Crippen LogP contribution in [0.5, 0.6) is 5.75 Å². The molecule has 3 N–H and O–H groups in total. The van der Waals surface area contributed by atoms with Gasteiger partial charge in [-0.2, -0.15) is 0 Å². The van der Waals surface area contributed by atoms with Gasteiger partial charge in [0.2, 0.25) is 0 Å². The number of rotatable bonds is 7. The summed E-state index contributed by atoms with van der Waals surface area (Å²) in [6.07, 6.45) is 0. The van der Waals surface area contributed by atoms with E-state index >= 15 is 0 Å². The highest BCUT2D eigenvalue weighted by atomic mass is 32.1. The summed E-state index contributed by atoms with van der Waals surface area (Å²) in [5.74, 6) is 1.54. The van der Waals surface area contributed by atoms with Gasteiger partial charge < -0.3 is 19.6 Å². The van der Waals surface area contributed by atoms with Crippen molar-refractivity contribution in [2.45, 2.75) is 13.2 Å². The highest BCUT2D eigenvalue weighted by Gasteiger charge is 2.09. The predicted octanol–water partition coefficient (Wildman–Crippen LogP) is 5.14. The van der Waals surface area contributed by atoms with E-state index in [4.69, 9.17) is 26.5 Å². The van der Waals surface area contributed by atoms with Crippen molar-refractivity contribution in [3.63, 3.8) is 0 Å². The van der Waals surface area contributed by atoms with Crippen LogP contribution in [0.4, 0.5) is 5.69 Å². The Hall–Kier alpha value is -3.94. The van der Waals surface area contributed by atoms with Crippen LogP contribution in [0.15, 0.2) is 95.4 Å². The smallest absolute Gasteiger partial charge is 0.257 e. The van der Waals surface area contributed by atoms with Gasteiger partial charge in [0.25, 0.3) is 5.91 Å². The number of hydrogen-bond donors (Lipinski definition) is 3. The lowest BCUT2D eigenvalue weighted by molar-refractivity contribution is 0.0977. The van der Waals surface area contributed by atoms with Crippen LogP contribution in [-0.2, 0) is 13.2 Å². The molecule has 0 spiro atoms. The number of aliphatic hydroxyl groups is 1. The fourth-order valence-electron chi connectivity index (χ4n) is 3.12. The molecule has 166 valence electrons. The van der Waals surface area contributed by atoms with E-state index < -0.39 is 0 Å². The first-order valence-corrected chi connectivity index (χ1v) is 10.7. The van der Waals surface area contributed by atoms with E-state index in [2.05, 4.69) is 10.6 Å². The number of nitrogens with one attached hydrogen (secondary N) is 2. The van der Waals surface area contributed by atoms with Gasteiger partial charge >= 0.3 is 0 Å². The summed E-state index contributed by atoms with van der Waals surface area (Å²) in [5.41, 5.74) is 3.13. The van der Waals surface area contributed by atoms with Crippen LogP contribution in [0.2, 0.25) is 0 Å². The Morgan fingerprint density at radius 2 is 1.64 bits per heavy atom. The Morgan fingerprint density at radius 3 is 2.30 bits per heavy atom. The molecule has 6 nitrogen and oxygen atoms in total. The number of carbonyl (C=O) groups excluding carboxylic acids is 1. The average molecular weight is 459 g/mol. The first-order valence-electron chi connectivity index (χ1n) is 10.3. The zero-order chi connectivity index (χ0) is 23.0. The number of amides is 1. The molecule has 0 fully saturated rings. The lowest BCUT2D eigenvalue weighted by Gasteiger charge is -2.11. The molecule has 0 aliphatic carbocycles. The Kier molecular flexibility index (Phi) is 7.14. The number of carbonyl (C=O) groups is 1. The second kappa shape index (κ2) is 10.6. The number of ether oxygens (including phenoxy) is 1. The fraction of sp³-hybridized carbons (Fsp3) is 0.0769. The third kappa shape index (κ3) is 6.06. The van der Waals surface area contributed by atoms with Gasteiger partial charge in [-0.3, -0.25) is 10.1 Å². The Labute approximate surface area is 196 Å². The predicted molar refractivity (Wildman–Crippen MR) is 131 cm³/mol. The maximum atomic E-state index is 12.5. The molecule has 1 aromatic heterocycles. The quantitative estimate of drug-likeness (QED) is 0.333. The van der Waals surface area contributed by atoms with Crippen LogP contribution < -0.4 is 15.4 Å². The molecule has 4 rings (SSSR count). The third-order valence-electron chi connectivity index (χ3n) is 4.84. The van der Waals surface area contributed by atoms with Gasteiger partial charge in [0, 0.05) is 16.8 Å². The molecule has 4 aromatic rings.